The number of anilines is 6. The molecule has 72 heavy (non-hydrogen) atoms. The Hall–Kier alpha value is -6.52. The Bertz CT molecular complexity index is 2910. The number of rotatable bonds is 10. The molecule has 4 aromatic heterocycles. The largest absolute Gasteiger partial charge is 2.00 e. The van der Waals surface area contributed by atoms with Gasteiger partial charge in [-0.15, -0.1) is 59.7 Å². The van der Waals surface area contributed by atoms with E-state index in [1.54, 1.807) is 0 Å². The van der Waals surface area contributed by atoms with Crippen molar-refractivity contribution in [1.29, 1.82) is 0 Å². The zero-order valence-corrected chi connectivity index (χ0v) is 46.8. The van der Waals surface area contributed by atoms with E-state index in [0.29, 0.717) is 0 Å². The van der Waals surface area contributed by atoms with E-state index in [9.17, 15) is 0 Å². The number of benzene rings is 6. The number of nitrogens with zero attached hydrogens (tertiary/aromatic N) is 6. The van der Waals surface area contributed by atoms with Crippen molar-refractivity contribution in [2.45, 2.75) is 41.5 Å². The van der Waals surface area contributed by atoms with Gasteiger partial charge in [-0.05, 0) is 147 Å². The maximum absolute atomic E-state index is 4.88. The fourth-order valence-corrected chi connectivity index (χ4v) is 9.02. The van der Waals surface area contributed by atoms with Gasteiger partial charge >= 0.3 is 56.4 Å². The second-order valence-electron chi connectivity index (χ2n) is 17.1. The molecule has 0 radical (unpaired) electrons. The minimum atomic E-state index is -0.472. The van der Waals surface area contributed by atoms with Crippen LogP contribution in [0.1, 0.15) is 33.4 Å². The standard InChI is InChI=1S/C31H27N3.C31H25N3.2ClH.2Pt/c2*1-22-18-23(2)31(24(3)19-22)34(27-12-8-10-25(20-27)29-14-4-6-16-32-29)28-13-9-11-26(21-28)30-15-5-7-17-33-30;;;;/h4-21H,1-3H3;4-19H,1-3H3;2*1H;;/q;-2;;;2*+2/p-2. The van der Waals surface area contributed by atoms with Gasteiger partial charge in [-0.2, -0.15) is 0 Å². The monoisotopic (exact) mass is 1340 g/mol. The van der Waals surface area contributed by atoms with Crippen LogP contribution >= 0.6 is 18.8 Å². The molecule has 0 aliphatic rings. The van der Waals surface area contributed by atoms with Gasteiger partial charge in [-0.3, -0.25) is 9.97 Å². The Kier molecular flexibility index (Phi) is 19.0. The fourth-order valence-electron chi connectivity index (χ4n) is 9.02. The predicted octanol–water partition coefficient (Wildman–Crippen LogP) is 17.4. The van der Waals surface area contributed by atoms with E-state index < -0.39 is 16.5 Å². The van der Waals surface area contributed by atoms with Crippen LogP contribution in [0.2, 0.25) is 0 Å². The van der Waals surface area contributed by atoms with Crippen LogP contribution in [0.15, 0.2) is 207 Å². The van der Waals surface area contributed by atoms with Crippen LogP contribution in [0.25, 0.3) is 45.0 Å². The van der Waals surface area contributed by atoms with Crippen LogP contribution in [-0.2, 0) is 37.5 Å². The molecule has 6 aromatic carbocycles. The molecule has 0 bridgehead atoms. The zero-order valence-electron chi connectivity index (χ0n) is 40.7. The van der Waals surface area contributed by atoms with Crippen molar-refractivity contribution in [3.63, 3.8) is 0 Å². The van der Waals surface area contributed by atoms with E-state index in [1.165, 1.54) is 39.1 Å². The molecule has 0 aliphatic carbocycles. The van der Waals surface area contributed by atoms with Crippen LogP contribution in [-0.4, -0.2) is 19.9 Å². The average Bonchev–Trinajstić information content (AvgIpc) is 3.40. The van der Waals surface area contributed by atoms with Crippen molar-refractivity contribution < 1.29 is 37.5 Å². The summed E-state index contributed by atoms with van der Waals surface area (Å²) in [4.78, 5) is 22.8. The minimum Gasteiger partial charge on any atom is 2.00 e. The van der Waals surface area contributed by atoms with Crippen molar-refractivity contribution in [2.75, 3.05) is 9.80 Å². The van der Waals surface area contributed by atoms with E-state index in [4.69, 9.17) is 18.8 Å². The van der Waals surface area contributed by atoms with Gasteiger partial charge in [-0.25, -0.2) is 0 Å². The predicted molar refractivity (Wildman–Crippen MR) is 293 cm³/mol. The molecule has 10 heteroatoms. The van der Waals surface area contributed by atoms with Gasteiger partial charge in [0.2, 0.25) is 0 Å². The van der Waals surface area contributed by atoms with Crippen LogP contribution in [0.4, 0.5) is 34.1 Å². The summed E-state index contributed by atoms with van der Waals surface area (Å²) in [5, 5.41) is 0. The first kappa shape index (κ1) is 53.3. The van der Waals surface area contributed by atoms with Crippen molar-refractivity contribution >= 4 is 53.0 Å². The maximum Gasteiger partial charge on any atom is 2.00 e. The third-order valence-corrected chi connectivity index (χ3v) is 11.8. The number of hydrogen-bond donors (Lipinski definition) is 0. The van der Waals surface area contributed by atoms with Crippen molar-refractivity contribution in [3.8, 4) is 45.0 Å². The molecule has 0 aliphatic heterocycles. The third kappa shape index (κ3) is 13.1. The molecule has 4 heterocycles. The molecule has 0 spiro atoms. The quantitative estimate of drug-likeness (QED) is 0.127. The molecule has 0 saturated heterocycles. The van der Waals surface area contributed by atoms with Gasteiger partial charge < -0.3 is 19.8 Å². The molecule has 0 unspecified atom stereocenters. The Morgan fingerprint density at radius 3 is 1.06 bits per heavy atom. The molecule has 0 saturated carbocycles. The number of hydrogen-bond acceptors (Lipinski definition) is 6. The van der Waals surface area contributed by atoms with Crippen molar-refractivity contribution in [1.82, 2.24) is 19.9 Å². The van der Waals surface area contributed by atoms with Crippen molar-refractivity contribution in [3.05, 3.63) is 252 Å². The second kappa shape index (κ2) is 25.7. The Morgan fingerprint density at radius 1 is 0.375 bits per heavy atom. The van der Waals surface area contributed by atoms with Crippen LogP contribution in [0, 0.1) is 53.7 Å². The van der Waals surface area contributed by atoms with Crippen LogP contribution < -0.4 is 9.80 Å². The molecular weight excluding hydrogens is 1290 g/mol. The van der Waals surface area contributed by atoms with E-state index in [-0.39, 0.29) is 21.1 Å². The number of aromatic nitrogens is 4. The first-order chi connectivity index (χ1) is 34.6. The van der Waals surface area contributed by atoms with Gasteiger partial charge in [0, 0.05) is 53.0 Å². The SMILES string of the molecule is Cc1cc(C)c(N(c2[c-]c(-c3ccccn3)ccc2)c2[c-]c(-c3ccccn3)ccc2)c(C)c1.Cc1cc(C)c(N(c2cccc(-c3ccccn3)c2)c2cccc(-c3ccccn3)c2)c(C)c1.[Cl][Pt][Cl].[Pt+2]. The number of halogens is 2. The fraction of sp³-hybridized carbons (Fsp3) is 0.0968. The molecule has 10 aromatic rings. The van der Waals surface area contributed by atoms with Gasteiger partial charge in [0.25, 0.3) is 0 Å². The van der Waals surface area contributed by atoms with Gasteiger partial charge in [0.15, 0.2) is 0 Å². The first-order valence-corrected chi connectivity index (χ1v) is 28.7. The summed E-state index contributed by atoms with van der Waals surface area (Å²) >= 11 is -0.472. The summed E-state index contributed by atoms with van der Waals surface area (Å²) < 4.78 is 0. The average molecular weight is 1340 g/mol. The number of pyridine rings is 4. The van der Waals surface area contributed by atoms with E-state index >= 15 is 0 Å². The normalized spacial score (nSPS) is 10.5. The number of aryl methyl sites for hydroxylation is 6. The van der Waals surface area contributed by atoms with E-state index in [2.05, 4.69) is 180 Å². The van der Waals surface area contributed by atoms with Gasteiger partial charge in [0.05, 0.1) is 17.1 Å². The van der Waals surface area contributed by atoms with E-state index in [0.717, 1.165) is 73.5 Å². The summed E-state index contributed by atoms with van der Waals surface area (Å²) in [6, 6.07) is 69.7. The molecule has 10 rings (SSSR count). The molecule has 364 valence electrons. The van der Waals surface area contributed by atoms with Crippen molar-refractivity contribution in [2.24, 2.45) is 0 Å². The Morgan fingerprint density at radius 2 is 0.708 bits per heavy atom. The Balaban J connectivity index is 0.000000198. The van der Waals surface area contributed by atoms with Crippen LogP contribution in [0.3, 0.4) is 0 Å². The van der Waals surface area contributed by atoms with Gasteiger partial charge in [-0.1, -0.05) is 96.1 Å². The van der Waals surface area contributed by atoms with Gasteiger partial charge in [0.1, 0.15) is 0 Å². The molecule has 0 atom stereocenters. The summed E-state index contributed by atoms with van der Waals surface area (Å²) in [5.41, 5.74) is 21.6. The molecule has 0 fully saturated rings. The minimum absolute atomic E-state index is 0. The second-order valence-corrected chi connectivity index (χ2v) is 20.4. The summed E-state index contributed by atoms with van der Waals surface area (Å²) in [5.74, 6) is 0. The molecule has 0 N–H and O–H groups in total. The maximum atomic E-state index is 4.88. The first-order valence-electron chi connectivity index (χ1n) is 23.1. The molecule has 6 nitrogen and oxygen atoms in total. The summed E-state index contributed by atoms with van der Waals surface area (Å²) in [6.07, 6.45) is 7.30. The van der Waals surface area contributed by atoms with E-state index in [1.807, 2.05) is 110 Å². The van der Waals surface area contributed by atoms with Crippen LogP contribution in [0.5, 0.6) is 0 Å². The summed E-state index contributed by atoms with van der Waals surface area (Å²) in [6.45, 7) is 13.0. The topological polar surface area (TPSA) is 58.0 Å². The zero-order chi connectivity index (χ0) is 49.7. The molecular formula is C62H52Cl2N6Pt2. The molecule has 0 amide bonds. The Labute approximate surface area is 455 Å². The summed E-state index contributed by atoms with van der Waals surface area (Å²) in [7, 11) is 9.75. The smallest absolute Gasteiger partial charge is 2.00 e. The third-order valence-electron chi connectivity index (χ3n) is 11.8.